The van der Waals surface area contributed by atoms with Crippen molar-refractivity contribution in [2.75, 3.05) is 13.1 Å². The summed E-state index contributed by atoms with van der Waals surface area (Å²) in [5.74, 6) is 0.365. The van der Waals surface area contributed by atoms with Crippen LogP contribution in [0.1, 0.15) is 77.2 Å². The Morgan fingerprint density at radius 2 is 1.87 bits per heavy atom. The first-order valence-corrected chi connectivity index (χ1v) is 11.5. The maximum absolute atomic E-state index is 12.7. The number of nitrogens with two attached hydrogens (primary N) is 1. The molecule has 164 valence electrons. The number of benzene rings is 1. The maximum atomic E-state index is 12.7. The van der Waals surface area contributed by atoms with Gasteiger partial charge in [-0.1, -0.05) is 63.9 Å². The molecule has 3 N–H and O–H groups in total. The van der Waals surface area contributed by atoms with E-state index in [9.17, 15) is 10.1 Å². The molecule has 0 spiro atoms. The number of nitriles is 1. The summed E-state index contributed by atoms with van der Waals surface area (Å²) < 4.78 is 0. The van der Waals surface area contributed by atoms with E-state index in [1.54, 1.807) is 0 Å². The fourth-order valence-corrected chi connectivity index (χ4v) is 5.22. The number of piperidine rings is 1. The van der Waals surface area contributed by atoms with Crippen molar-refractivity contribution in [2.24, 2.45) is 11.1 Å². The van der Waals surface area contributed by atoms with E-state index in [4.69, 9.17) is 5.73 Å². The first-order valence-electron chi connectivity index (χ1n) is 11.5. The predicted molar refractivity (Wildman–Crippen MR) is 121 cm³/mol. The average molecular weight is 411 g/mol. The third kappa shape index (κ3) is 5.62. The first-order chi connectivity index (χ1) is 14.2. The topological polar surface area (TPSA) is 82.1 Å². The number of carbonyl (C=O) groups excluding carboxylic acids is 1. The van der Waals surface area contributed by atoms with Crippen molar-refractivity contribution in [3.8, 4) is 6.07 Å². The van der Waals surface area contributed by atoms with E-state index >= 15 is 0 Å². The summed E-state index contributed by atoms with van der Waals surface area (Å²) in [6.07, 6.45) is 6.92. The highest BCUT2D eigenvalue weighted by Crippen LogP contribution is 2.38. The molecular weight excluding hydrogens is 372 g/mol. The molecule has 2 aliphatic rings. The molecule has 3 unspecified atom stereocenters. The molecule has 1 aromatic carbocycles. The van der Waals surface area contributed by atoms with E-state index in [0.29, 0.717) is 31.2 Å². The van der Waals surface area contributed by atoms with Crippen molar-refractivity contribution in [2.45, 2.75) is 89.3 Å². The van der Waals surface area contributed by atoms with Gasteiger partial charge < -0.3 is 11.1 Å². The van der Waals surface area contributed by atoms with Crippen molar-refractivity contribution >= 4 is 5.91 Å². The third-order valence-electron chi connectivity index (χ3n) is 6.82. The standard InChI is InChI=1S/C25H38N4O/c1-24(2,3)17-21(27)23(30)28-25(18-26)13-15-29(16-14-25)22-12-8-7-11-20(22)19-9-5-4-6-10-19/h4-6,9-10,20-22H,7-8,11-17,27H2,1-3H3,(H,28,30). The zero-order valence-corrected chi connectivity index (χ0v) is 18.9. The third-order valence-corrected chi connectivity index (χ3v) is 6.82. The lowest BCUT2D eigenvalue weighted by Crippen LogP contribution is -2.59. The largest absolute Gasteiger partial charge is 0.336 e. The lowest BCUT2D eigenvalue weighted by molar-refractivity contribution is -0.125. The SMILES string of the molecule is CC(C)(C)CC(N)C(=O)NC1(C#N)CCN(C2CCCCC2c2ccccc2)CC1. The Kier molecular flexibility index (Phi) is 7.21. The minimum Gasteiger partial charge on any atom is -0.336 e. The van der Waals surface area contributed by atoms with Gasteiger partial charge in [-0.25, -0.2) is 0 Å². The van der Waals surface area contributed by atoms with E-state index in [-0.39, 0.29) is 11.3 Å². The summed E-state index contributed by atoms with van der Waals surface area (Å²) in [6.45, 7) is 7.91. The van der Waals surface area contributed by atoms with Gasteiger partial charge in [-0.2, -0.15) is 5.26 Å². The Morgan fingerprint density at radius 1 is 1.23 bits per heavy atom. The molecule has 1 amide bonds. The summed E-state index contributed by atoms with van der Waals surface area (Å²) in [5.41, 5.74) is 6.75. The smallest absolute Gasteiger partial charge is 0.238 e. The predicted octanol–water partition coefficient (Wildman–Crippen LogP) is 3.95. The van der Waals surface area contributed by atoms with Crippen molar-refractivity contribution in [3.05, 3.63) is 35.9 Å². The van der Waals surface area contributed by atoms with Crippen LogP contribution in [0.15, 0.2) is 30.3 Å². The van der Waals surface area contributed by atoms with E-state index in [1.807, 2.05) is 0 Å². The molecule has 0 radical (unpaired) electrons. The zero-order valence-electron chi connectivity index (χ0n) is 18.9. The van der Waals surface area contributed by atoms with Crippen LogP contribution in [-0.4, -0.2) is 41.5 Å². The van der Waals surface area contributed by atoms with Crippen LogP contribution in [0, 0.1) is 16.7 Å². The Morgan fingerprint density at radius 3 is 2.47 bits per heavy atom. The molecule has 5 nitrogen and oxygen atoms in total. The van der Waals surface area contributed by atoms with Crippen LogP contribution in [0.4, 0.5) is 0 Å². The fourth-order valence-electron chi connectivity index (χ4n) is 5.22. The molecule has 3 rings (SSSR count). The van der Waals surface area contributed by atoms with Gasteiger partial charge in [0.2, 0.25) is 5.91 Å². The maximum Gasteiger partial charge on any atom is 0.238 e. The van der Waals surface area contributed by atoms with E-state index in [0.717, 1.165) is 13.1 Å². The molecular formula is C25H38N4O. The van der Waals surface area contributed by atoms with Gasteiger partial charge in [0.1, 0.15) is 5.54 Å². The summed E-state index contributed by atoms with van der Waals surface area (Å²) in [7, 11) is 0. The number of rotatable bonds is 5. The monoisotopic (exact) mass is 410 g/mol. The lowest BCUT2D eigenvalue weighted by Gasteiger charge is -2.45. The van der Waals surface area contributed by atoms with Crippen LogP contribution < -0.4 is 11.1 Å². The molecule has 1 saturated carbocycles. The number of hydrogen-bond donors (Lipinski definition) is 2. The molecule has 2 fully saturated rings. The minimum absolute atomic E-state index is 0.0205. The number of amides is 1. The Balaban J connectivity index is 1.63. The molecule has 1 heterocycles. The molecule has 1 aliphatic carbocycles. The molecule has 30 heavy (non-hydrogen) atoms. The lowest BCUT2D eigenvalue weighted by atomic mass is 9.77. The van der Waals surface area contributed by atoms with Gasteiger partial charge in [0, 0.05) is 19.1 Å². The Bertz CT molecular complexity index is 741. The summed E-state index contributed by atoms with van der Waals surface area (Å²) in [6, 6.07) is 13.2. The van der Waals surface area contributed by atoms with Gasteiger partial charge in [-0.05, 0) is 49.0 Å². The number of nitrogens with one attached hydrogen (secondary N) is 1. The van der Waals surface area contributed by atoms with Crippen LogP contribution in [0.2, 0.25) is 0 Å². The highest BCUT2D eigenvalue weighted by molar-refractivity contribution is 5.82. The highest BCUT2D eigenvalue weighted by atomic mass is 16.2. The zero-order chi connectivity index (χ0) is 21.8. The second-order valence-electron chi connectivity index (χ2n) is 10.5. The van der Waals surface area contributed by atoms with Crippen LogP contribution in [0.5, 0.6) is 0 Å². The molecule has 3 atom stereocenters. The molecule has 0 bridgehead atoms. The van der Waals surface area contributed by atoms with Gasteiger partial charge in [-0.3, -0.25) is 9.69 Å². The van der Waals surface area contributed by atoms with Gasteiger partial charge in [-0.15, -0.1) is 0 Å². The van der Waals surface area contributed by atoms with E-state index in [2.05, 4.69) is 67.4 Å². The van der Waals surface area contributed by atoms with E-state index in [1.165, 1.54) is 31.2 Å². The summed E-state index contributed by atoms with van der Waals surface area (Å²) in [5, 5.41) is 12.9. The Labute approximate surface area is 182 Å². The fraction of sp³-hybridized carbons (Fsp3) is 0.680. The molecule has 1 aliphatic heterocycles. The second-order valence-corrected chi connectivity index (χ2v) is 10.5. The minimum atomic E-state index is -0.792. The van der Waals surface area contributed by atoms with Crippen LogP contribution in [-0.2, 0) is 4.79 Å². The van der Waals surface area contributed by atoms with Crippen LogP contribution >= 0.6 is 0 Å². The van der Waals surface area contributed by atoms with E-state index < -0.39 is 11.6 Å². The van der Waals surface area contributed by atoms with Gasteiger partial charge in [0.15, 0.2) is 0 Å². The van der Waals surface area contributed by atoms with Crippen LogP contribution in [0.3, 0.4) is 0 Å². The Hall–Kier alpha value is -1.90. The molecule has 1 saturated heterocycles. The van der Waals surface area contributed by atoms with Gasteiger partial charge >= 0.3 is 0 Å². The summed E-state index contributed by atoms with van der Waals surface area (Å²) in [4.78, 5) is 15.2. The average Bonchev–Trinajstić information content (AvgIpc) is 2.73. The molecule has 1 aromatic rings. The van der Waals surface area contributed by atoms with Crippen molar-refractivity contribution in [1.82, 2.24) is 10.2 Å². The number of hydrogen-bond acceptors (Lipinski definition) is 4. The second kappa shape index (κ2) is 9.49. The number of nitrogens with zero attached hydrogens (tertiary/aromatic N) is 2. The van der Waals surface area contributed by atoms with Crippen molar-refractivity contribution < 1.29 is 4.79 Å². The molecule has 0 aromatic heterocycles. The highest BCUT2D eigenvalue weighted by Gasteiger charge is 2.41. The quantitative estimate of drug-likeness (QED) is 0.770. The first kappa shape index (κ1) is 22.8. The number of carbonyl (C=O) groups is 1. The van der Waals surface area contributed by atoms with Gasteiger partial charge in [0.05, 0.1) is 12.1 Å². The number of likely N-dealkylation sites (tertiary alicyclic amines) is 1. The summed E-state index contributed by atoms with van der Waals surface area (Å²) >= 11 is 0. The van der Waals surface area contributed by atoms with Crippen LogP contribution in [0.25, 0.3) is 0 Å². The van der Waals surface area contributed by atoms with Crippen molar-refractivity contribution in [1.29, 1.82) is 5.26 Å². The van der Waals surface area contributed by atoms with Gasteiger partial charge in [0.25, 0.3) is 0 Å². The molecule has 5 heteroatoms. The van der Waals surface area contributed by atoms with Crippen molar-refractivity contribution in [3.63, 3.8) is 0 Å². The normalized spacial score (nSPS) is 25.8.